The highest BCUT2D eigenvalue weighted by Gasteiger charge is 2.68. The zero-order chi connectivity index (χ0) is 15.9. The Balaban J connectivity index is 1.81. The Morgan fingerprint density at radius 2 is 1.78 bits per heavy atom. The molecule has 3 aliphatic rings. The van der Waals surface area contributed by atoms with Gasteiger partial charge in [0.15, 0.2) is 9.84 Å². The number of nitrogens with zero attached hydrogens (tertiary/aromatic N) is 1. The first-order chi connectivity index (χ1) is 11.2. The Labute approximate surface area is 138 Å². The van der Waals surface area contributed by atoms with Crippen LogP contribution in [0, 0.1) is 0 Å². The van der Waals surface area contributed by atoms with Crippen molar-refractivity contribution in [3.63, 3.8) is 0 Å². The molecule has 4 nitrogen and oxygen atoms in total. The lowest BCUT2D eigenvalue weighted by Gasteiger charge is -2.60. The molecular formula is C18H25NO3S. The minimum Gasteiger partial charge on any atom is -0.379 e. The number of rotatable bonds is 2. The monoisotopic (exact) mass is 335 g/mol. The van der Waals surface area contributed by atoms with Crippen LogP contribution in [-0.4, -0.2) is 50.4 Å². The summed E-state index contributed by atoms with van der Waals surface area (Å²) in [5.74, 6) is 0. The van der Waals surface area contributed by atoms with Crippen LogP contribution >= 0.6 is 0 Å². The molecule has 4 rings (SSSR count). The summed E-state index contributed by atoms with van der Waals surface area (Å²) in [5.41, 5.74) is 0.762. The van der Waals surface area contributed by atoms with E-state index >= 15 is 0 Å². The topological polar surface area (TPSA) is 46.6 Å². The standard InChI is InChI=1S/C18H25NO3S/c20-23(21)16-9-5-2-6-10-18(16,19-11-13-22-14-12-19)17(23)15-7-3-1-4-8-15/h1,3-4,7-8,16-17H,2,5-6,9-14H2/t16-,17+,18+/m0/s1. The Morgan fingerprint density at radius 3 is 2.52 bits per heavy atom. The molecule has 23 heavy (non-hydrogen) atoms. The van der Waals surface area contributed by atoms with Crippen LogP contribution in [0.25, 0.3) is 0 Å². The van der Waals surface area contributed by atoms with Crippen molar-refractivity contribution in [2.75, 3.05) is 26.3 Å². The van der Waals surface area contributed by atoms with E-state index in [-0.39, 0.29) is 16.0 Å². The van der Waals surface area contributed by atoms with Gasteiger partial charge in [-0.15, -0.1) is 0 Å². The quantitative estimate of drug-likeness (QED) is 0.833. The SMILES string of the molecule is O=S1(=O)[C@H](c2ccccc2)[C@@]2(N3CCOCC3)CCCCC[C@@H]21. The van der Waals surface area contributed by atoms with Crippen LogP contribution in [0.3, 0.4) is 0 Å². The molecule has 0 N–H and O–H groups in total. The summed E-state index contributed by atoms with van der Waals surface area (Å²) >= 11 is 0. The van der Waals surface area contributed by atoms with Crippen LogP contribution in [0.1, 0.15) is 42.9 Å². The molecule has 0 spiro atoms. The molecule has 0 amide bonds. The van der Waals surface area contributed by atoms with Crippen molar-refractivity contribution in [3.05, 3.63) is 35.9 Å². The summed E-state index contributed by atoms with van der Waals surface area (Å²) in [6.07, 6.45) is 5.14. The highest BCUT2D eigenvalue weighted by atomic mass is 32.2. The zero-order valence-corrected chi connectivity index (χ0v) is 14.3. The average molecular weight is 335 g/mol. The van der Waals surface area contributed by atoms with Gasteiger partial charge in [-0.1, -0.05) is 49.6 Å². The van der Waals surface area contributed by atoms with E-state index in [1.54, 1.807) is 0 Å². The zero-order valence-electron chi connectivity index (χ0n) is 13.5. The van der Waals surface area contributed by atoms with Gasteiger partial charge in [0.25, 0.3) is 0 Å². The number of hydrogen-bond donors (Lipinski definition) is 0. The van der Waals surface area contributed by atoms with Gasteiger partial charge in [-0.3, -0.25) is 4.90 Å². The van der Waals surface area contributed by atoms with Crippen molar-refractivity contribution in [2.24, 2.45) is 0 Å². The van der Waals surface area contributed by atoms with Gasteiger partial charge in [-0.25, -0.2) is 8.42 Å². The number of fused-ring (bicyclic) bond motifs is 1. The molecule has 2 saturated heterocycles. The molecule has 0 aromatic heterocycles. The van der Waals surface area contributed by atoms with Gasteiger partial charge in [0.05, 0.1) is 24.0 Å². The molecule has 1 aromatic rings. The number of morpholine rings is 1. The van der Waals surface area contributed by atoms with Gasteiger partial charge < -0.3 is 4.74 Å². The van der Waals surface area contributed by atoms with Crippen molar-refractivity contribution >= 4 is 9.84 Å². The van der Waals surface area contributed by atoms with Gasteiger partial charge in [-0.2, -0.15) is 0 Å². The van der Waals surface area contributed by atoms with Crippen LogP contribution < -0.4 is 0 Å². The minimum absolute atomic E-state index is 0.194. The molecule has 5 heteroatoms. The largest absolute Gasteiger partial charge is 0.379 e. The Bertz CT molecular complexity index is 654. The first-order valence-electron chi connectivity index (χ1n) is 8.78. The minimum atomic E-state index is -3.09. The van der Waals surface area contributed by atoms with E-state index in [0.29, 0.717) is 0 Å². The van der Waals surface area contributed by atoms with E-state index in [9.17, 15) is 8.42 Å². The molecule has 1 aromatic carbocycles. The molecule has 0 bridgehead atoms. The van der Waals surface area contributed by atoms with Crippen LogP contribution in [0.5, 0.6) is 0 Å². The second-order valence-corrected chi connectivity index (χ2v) is 9.28. The van der Waals surface area contributed by atoms with Gasteiger partial charge in [0.2, 0.25) is 0 Å². The van der Waals surface area contributed by atoms with Crippen LogP contribution in [0.2, 0.25) is 0 Å². The summed E-state index contributed by atoms with van der Waals surface area (Å²) in [6.45, 7) is 3.15. The molecule has 2 aliphatic heterocycles. The highest BCUT2D eigenvalue weighted by Crippen LogP contribution is 2.59. The summed E-state index contributed by atoms with van der Waals surface area (Å²) < 4.78 is 31.8. The lowest BCUT2D eigenvalue weighted by atomic mass is 9.79. The smallest absolute Gasteiger partial charge is 0.163 e. The molecule has 2 heterocycles. The van der Waals surface area contributed by atoms with Crippen molar-refractivity contribution in [1.29, 1.82) is 0 Å². The van der Waals surface area contributed by atoms with Crippen LogP contribution in [0.15, 0.2) is 30.3 Å². The lowest BCUT2D eigenvalue weighted by Crippen LogP contribution is -2.73. The maximum atomic E-state index is 13.1. The summed E-state index contributed by atoms with van der Waals surface area (Å²) in [7, 11) is -3.09. The molecule has 0 radical (unpaired) electrons. The fraction of sp³-hybridized carbons (Fsp3) is 0.667. The lowest BCUT2D eigenvalue weighted by molar-refractivity contribution is -0.0392. The molecular weight excluding hydrogens is 310 g/mol. The number of benzene rings is 1. The normalized spacial score (nSPS) is 37.4. The van der Waals surface area contributed by atoms with E-state index in [0.717, 1.165) is 64.0 Å². The fourth-order valence-corrected chi connectivity index (χ4v) is 8.17. The number of hydrogen-bond acceptors (Lipinski definition) is 4. The highest BCUT2D eigenvalue weighted by molar-refractivity contribution is 7.94. The van der Waals surface area contributed by atoms with Crippen molar-refractivity contribution in [2.45, 2.75) is 48.1 Å². The number of sulfone groups is 1. The third kappa shape index (κ3) is 2.28. The third-order valence-electron chi connectivity index (χ3n) is 5.98. The molecule has 3 atom stereocenters. The van der Waals surface area contributed by atoms with E-state index in [1.807, 2.05) is 30.3 Å². The maximum Gasteiger partial charge on any atom is 0.163 e. The Kier molecular flexibility index (Phi) is 3.98. The third-order valence-corrected chi connectivity index (χ3v) is 8.76. The van der Waals surface area contributed by atoms with E-state index in [2.05, 4.69) is 4.90 Å². The van der Waals surface area contributed by atoms with E-state index in [1.165, 1.54) is 0 Å². The van der Waals surface area contributed by atoms with Crippen LogP contribution in [-0.2, 0) is 14.6 Å². The molecule has 3 fully saturated rings. The molecule has 126 valence electrons. The molecule has 1 aliphatic carbocycles. The number of ether oxygens (including phenoxy) is 1. The van der Waals surface area contributed by atoms with E-state index < -0.39 is 9.84 Å². The van der Waals surface area contributed by atoms with E-state index in [4.69, 9.17) is 4.74 Å². The Morgan fingerprint density at radius 1 is 1.04 bits per heavy atom. The van der Waals surface area contributed by atoms with Gasteiger partial charge >= 0.3 is 0 Å². The van der Waals surface area contributed by atoms with Gasteiger partial charge in [0, 0.05) is 13.1 Å². The second-order valence-electron chi connectivity index (χ2n) is 7.06. The predicted molar refractivity (Wildman–Crippen MR) is 90.1 cm³/mol. The maximum absolute atomic E-state index is 13.1. The molecule has 0 unspecified atom stereocenters. The van der Waals surface area contributed by atoms with Gasteiger partial charge in [-0.05, 0) is 18.4 Å². The first-order valence-corrected chi connectivity index (χ1v) is 10.4. The summed E-state index contributed by atoms with van der Waals surface area (Å²) in [6, 6.07) is 9.86. The Hall–Kier alpha value is -0.910. The van der Waals surface area contributed by atoms with Crippen molar-refractivity contribution < 1.29 is 13.2 Å². The van der Waals surface area contributed by atoms with Crippen LogP contribution in [0.4, 0.5) is 0 Å². The molecule has 1 saturated carbocycles. The average Bonchev–Trinajstić information content (AvgIpc) is 2.78. The summed E-state index contributed by atoms with van der Waals surface area (Å²) in [4.78, 5) is 2.45. The second kappa shape index (κ2) is 5.87. The van der Waals surface area contributed by atoms with Gasteiger partial charge in [0.1, 0.15) is 5.25 Å². The summed E-state index contributed by atoms with van der Waals surface area (Å²) in [5, 5.41) is -0.557. The predicted octanol–water partition coefficient (Wildman–Crippen LogP) is 2.56. The first kappa shape index (κ1) is 15.6. The van der Waals surface area contributed by atoms with Crippen molar-refractivity contribution in [1.82, 2.24) is 4.90 Å². The fourth-order valence-electron chi connectivity index (χ4n) is 5.06. The van der Waals surface area contributed by atoms with Crippen molar-refractivity contribution in [3.8, 4) is 0 Å².